The van der Waals surface area contributed by atoms with E-state index < -0.39 is 0 Å². The van der Waals surface area contributed by atoms with Crippen molar-refractivity contribution >= 4 is 34.0 Å². The van der Waals surface area contributed by atoms with E-state index in [9.17, 15) is 4.39 Å². The summed E-state index contributed by atoms with van der Waals surface area (Å²) in [5.41, 5.74) is 2.62. The summed E-state index contributed by atoms with van der Waals surface area (Å²) in [6, 6.07) is 8.69. The number of nitrogens with zero attached hydrogens (tertiary/aromatic N) is 5. The van der Waals surface area contributed by atoms with Crippen molar-refractivity contribution < 1.29 is 4.39 Å². The van der Waals surface area contributed by atoms with Gasteiger partial charge in [0.2, 0.25) is 5.28 Å². The zero-order valence-corrected chi connectivity index (χ0v) is 14.5. The van der Waals surface area contributed by atoms with Crippen molar-refractivity contribution in [1.29, 1.82) is 0 Å². The zero-order valence-electron chi connectivity index (χ0n) is 13.8. The van der Waals surface area contributed by atoms with E-state index in [1.807, 2.05) is 19.1 Å². The molecule has 128 valence electrons. The molecule has 3 aromatic rings. The summed E-state index contributed by atoms with van der Waals surface area (Å²) in [4.78, 5) is 17.2. The molecule has 1 saturated heterocycles. The molecule has 0 unspecified atom stereocenters. The minimum absolute atomic E-state index is 0.266. The van der Waals surface area contributed by atoms with Gasteiger partial charge in [0.25, 0.3) is 0 Å². The summed E-state index contributed by atoms with van der Waals surface area (Å²) in [5.74, 6) is 0.594. The number of hydrogen-bond acceptors (Lipinski definition) is 5. The fraction of sp³-hybridized carbons (Fsp3) is 0.278. The van der Waals surface area contributed by atoms with Gasteiger partial charge in [0.1, 0.15) is 11.6 Å². The predicted molar refractivity (Wildman–Crippen MR) is 97.9 cm³/mol. The maximum absolute atomic E-state index is 13.4. The van der Waals surface area contributed by atoms with Crippen LogP contribution in [0.1, 0.15) is 5.69 Å². The second-order valence-electron chi connectivity index (χ2n) is 6.10. The molecule has 0 radical (unpaired) electrons. The van der Waals surface area contributed by atoms with Gasteiger partial charge in [0.05, 0.1) is 5.52 Å². The van der Waals surface area contributed by atoms with Crippen molar-refractivity contribution in [3.8, 4) is 0 Å². The van der Waals surface area contributed by atoms with Crippen LogP contribution in [0.2, 0.25) is 5.28 Å². The third-order valence-electron chi connectivity index (χ3n) is 4.44. The Hall–Kier alpha value is -2.47. The molecule has 1 aliphatic heterocycles. The highest BCUT2D eigenvalue weighted by molar-refractivity contribution is 6.28. The van der Waals surface area contributed by atoms with Gasteiger partial charge < -0.3 is 9.80 Å². The fourth-order valence-electron chi connectivity index (χ4n) is 3.24. The lowest BCUT2D eigenvalue weighted by atomic mass is 10.1. The molecule has 0 atom stereocenters. The fourth-order valence-corrected chi connectivity index (χ4v) is 3.46. The highest BCUT2D eigenvalue weighted by Crippen LogP contribution is 2.27. The van der Waals surface area contributed by atoms with E-state index in [1.54, 1.807) is 12.3 Å². The van der Waals surface area contributed by atoms with Gasteiger partial charge in [-0.05, 0) is 36.7 Å². The van der Waals surface area contributed by atoms with Gasteiger partial charge in [-0.2, -0.15) is 0 Å². The van der Waals surface area contributed by atoms with Crippen LogP contribution in [0.5, 0.6) is 0 Å². The largest absolute Gasteiger partial charge is 0.367 e. The summed E-state index contributed by atoms with van der Waals surface area (Å²) >= 11 is 5.98. The highest BCUT2D eigenvalue weighted by Gasteiger charge is 2.20. The molecule has 2 aromatic heterocycles. The third-order valence-corrected chi connectivity index (χ3v) is 4.61. The second kappa shape index (κ2) is 6.44. The number of anilines is 2. The van der Waals surface area contributed by atoms with Crippen LogP contribution in [0.15, 0.2) is 36.5 Å². The van der Waals surface area contributed by atoms with Gasteiger partial charge in [-0.1, -0.05) is 0 Å². The van der Waals surface area contributed by atoms with Crippen LogP contribution in [0.4, 0.5) is 15.9 Å². The van der Waals surface area contributed by atoms with Crippen molar-refractivity contribution in [2.75, 3.05) is 36.0 Å². The van der Waals surface area contributed by atoms with Crippen molar-refractivity contribution in [3.05, 3.63) is 53.3 Å². The first-order chi connectivity index (χ1) is 12.1. The summed E-state index contributed by atoms with van der Waals surface area (Å²) in [7, 11) is 0. The number of hydrogen-bond donors (Lipinski definition) is 0. The molecule has 0 spiro atoms. The molecule has 1 aromatic carbocycles. The number of rotatable bonds is 2. The number of fused-ring (bicyclic) bond motifs is 1. The second-order valence-corrected chi connectivity index (χ2v) is 6.44. The van der Waals surface area contributed by atoms with E-state index in [1.165, 1.54) is 12.1 Å². The summed E-state index contributed by atoms with van der Waals surface area (Å²) in [6.45, 7) is 5.26. The Kier molecular flexibility index (Phi) is 4.13. The minimum atomic E-state index is -0.266. The first-order valence-corrected chi connectivity index (χ1v) is 8.53. The molecule has 0 amide bonds. The Labute approximate surface area is 150 Å². The zero-order chi connectivity index (χ0) is 17.4. The van der Waals surface area contributed by atoms with Crippen molar-refractivity contribution in [1.82, 2.24) is 15.0 Å². The van der Waals surface area contributed by atoms with E-state index in [2.05, 4.69) is 24.8 Å². The third kappa shape index (κ3) is 3.22. The number of benzene rings is 1. The molecule has 7 heteroatoms. The van der Waals surface area contributed by atoms with Crippen LogP contribution in [0.25, 0.3) is 10.9 Å². The molecule has 0 N–H and O–H groups in total. The van der Waals surface area contributed by atoms with E-state index in [4.69, 9.17) is 11.6 Å². The molecule has 3 heterocycles. The smallest absolute Gasteiger partial charge is 0.224 e. The highest BCUT2D eigenvalue weighted by atomic mass is 35.5. The Morgan fingerprint density at radius 1 is 1.00 bits per heavy atom. The van der Waals surface area contributed by atoms with Crippen LogP contribution >= 0.6 is 11.6 Å². The molecule has 0 bridgehead atoms. The SMILES string of the molecule is Cc1cc(N2CCN(c3ccnc4cc(F)ccc34)CC2)nc(Cl)n1. The van der Waals surface area contributed by atoms with Crippen LogP contribution in [0.3, 0.4) is 0 Å². The molecular formula is C18H17ClFN5. The van der Waals surface area contributed by atoms with Crippen LogP contribution in [-0.2, 0) is 0 Å². The molecular weight excluding hydrogens is 341 g/mol. The Balaban J connectivity index is 1.56. The Morgan fingerprint density at radius 3 is 2.52 bits per heavy atom. The topological polar surface area (TPSA) is 45.2 Å². The number of halogens is 2. The molecule has 25 heavy (non-hydrogen) atoms. The minimum Gasteiger partial charge on any atom is -0.367 e. The summed E-state index contributed by atoms with van der Waals surface area (Å²) < 4.78 is 13.4. The maximum atomic E-state index is 13.4. The van der Waals surface area contributed by atoms with E-state index in [0.717, 1.165) is 48.8 Å². The lowest BCUT2D eigenvalue weighted by Gasteiger charge is -2.37. The average Bonchev–Trinajstić information content (AvgIpc) is 2.60. The average molecular weight is 358 g/mol. The monoisotopic (exact) mass is 357 g/mol. The van der Waals surface area contributed by atoms with Gasteiger partial charge in [0, 0.05) is 61.3 Å². The molecule has 1 aliphatic rings. The standard InChI is InChI=1S/C18H17ClFN5/c1-12-10-17(23-18(19)22-12)25-8-6-24(7-9-25)16-4-5-21-15-11-13(20)2-3-14(15)16/h2-5,10-11H,6-9H2,1H3. The molecule has 1 fully saturated rings. The van der Waals surface area contributed by atoms with Gasteiger partial charge in [0.15, 0.2) is 0 Å². The van der Waals surface area contributed by atoms with Crippen molar-refractivity contribution in [3.63, 3.8) is 0 Å². The van der Waals surface area contributed by atoms with Gasteiger partial charge in [-0.15, -0.1) is 0 Å². The molecule has 0 aliphatic carbocycles. The van der Waals surface area contributed by atoms with Crippen LogP contribution < -0.4 is 9.80 Å². The Morgan fingerprint density at radius 2 is 1.76 bits per heavy atom. The van der Waals surface area contributed by atoms with Gasteiger partial charge in [-0.3, -0.25) is 4.98 Å². The predicted octanol–water partition coefficient (Wildman–Crippen LogP) is 3.45. The van der Waals surface area contributed by atoms with Gasteiger partial charge in [-0.25, -0.2) is 14.4 Å². The van der Waals surface area contributed by atoms with E-state index in [0.29, 0.717) is 5.52 Å². The van der Waals surface area contributed by atoms with Crippen LogP contribution in [-0.4, -0.2) is 41.1 Å². The number of aromatic nitrogens is 3. The first-order valence-electron chi connectivity index (χ1n) is 8.15. The molecule has 5 nitrogen and oxygen atoms in total. The quantitative estimate of drug-likeness (QED) is 0.657. The van der Waals surface area contributed by atoms with Crippen molar-refractivity contribution in [2.45, 2.75) is 6.92 Å². The summed E-state index contributed by atoms with van der Waals surface area (Å²) in [6.07, 6.45) is 1.73. The number of aryl methyl sites for hydroxylation is 1. The number of pyridine rings is 1. The lowest BCUT2D eigenvalue weighted by Crippen LogP contribution is -2.47. The maximum Gasteiger partial charge on any atom is 0.224 e. The lowest BCUT2D eigenvalue weighted by molar-refractivity contribution is 0.629. The Bertz CT molecular complexity index is 904. The molecule has 0 saturated carbocycles. The van der Waals surface area contributed by atoms with E-state index >= 15 is 0 Å². The molecule has 4 rings (SSSR count). The van der Waals surface area contributed by atoms with Crippen LogP contribution in [0, 0.1) is 12.7 Å². The first kappa shape index (κ1) is 16.0. The van der Waals surface area contributed by atoms with Gasteiger partial charge >= 0.3 is 0 Å². The normalized spacial score (nSPS) is 15.0. The number of piperazine rings is 1. The van der Waals surface area contributed by atoms with E-state index in [-0.39, 0.29) is 11.1 Å². The van der Waals surface area contributed by atoms with Crippen molar-refractivity contribution in [2.24, 2.45) is 0 Å². The summed E-state index contributed by atoms with van der Waals surface area (Å²) in [5, 5.41) is 1.25.